The monoisotopic (exact) mass is 563 g/mol. The summed E-state index contributed by atoms with van der Waals surface area (Å²) in [5.41, 5.74) is 2.42. The Hall–Kier alpha value is -3.23. The van der Waals surface area contributed by atoms with Crippen molar-refractivity contribution in [2.45, 2.75) is 84.3 Å². The van der Waals surface area contributed by atoms with Crippen molar-refractivity contribution in [3.63, 3.8) is 0 Å². The second-order valence-electron chi connectivity index (χ2n) is 11.9. The van der Waals surface area contributed by atoms with Gasteiger partial charge in [0.25, 0.3) is 5.91 Å². The summed E-state index contributed by atoms with van der Waals surface area (Å²) in [6.45, 7) is 9.54. The molecule has 0 saturated carbocycles. The van der Waals surface area contributed by atoms with Gasteiger partial charge in [-0.1, -0.05) is 42.4 Å². The number of carbonyl (C=O) groups excluding carboxylic acids is 3. The van der Waals surface area contributed by atoms with Gasteiger partial charge in [0, 0.05) is 49.6 Å². The summed E-state index contributed by atoms with van der Waals surface area (Å²) in [5.74, 6) is -1.06. The maximum Gasteiger partial charge on any atom is 0.264 e. The molecule has 0 aromatic heterocycles. The molecule has 0 bridgehead atoms. The second kappa shape index (κ2) is 13.2. The Bertz CT molecular complexity index is 1250. The second-order valence-corrected chi connectivity index (χ2v) is 11.9. The van der Waals surface area contributed by atoms with E-state index in [1.807, 2.05) is 18.2 Å². The Morgan fingerprint density at radius 2 is 1.93 bits per heavy atom. The van der Waals surface area contributed by atoms with Crippen LogP contribution in [0.15, 0.2) is 53.6 Å². The quantitative estimate of drug-likeness (QED) is 0.383. The first-order chi connectivity index (χ1) is 19.6. The molecule has 0 radical (unpaired) electrons. The van der Waals surface area contributed by atoms with Gasteiger partial charge in [-0.3, -0.25) is 14.4 Å². The third-order valence-electron chi connectivity index (χ3n) is 8.64. The van der Waals surface area contributed by atoms with Gasteiger partial charge in [0.15, 0.2) is 5.60 Å². The molecule has 41 heavy (non-hydrogen) atoms. The lowest BCUT2D eigenvalue weighted by Crippen LogP contribution is -2.44. The number of hydrogen-bond acceptors (Lipinski definition) is 5. The number of hydrogen-bond donors (Lipinski definition) is 2. The Morgan fingerprint density at radius 3 is 2.61 bits per heavy atom. The third kappa shape index (κ3) is 6.49. The van der Waals surface area contributed by atoms with Crippen molar-refractivity contribution in [2.75, 3.05) is 36.0 Å². The molecule has 0 unspecified atom stereocenters. The average molecular weight is 564 g/mol. The van der Waals surface area contributed by atoms with Gasteiger partial charge in [-0.2, -0.15) is 0 Å². The maximum atomic E-state index is 13.9. The van der Waals surface area contributed by atoms with Crippen LogP contribution in [-0.2, 0) is 20.0 Å². The highest BCUT2D eigenvalue weighted by Crippen LogP contribution is 2.47. The summed E-state index contributed by atoms with van der Waals surface area (Å²) < 4.78 is 0. The zero-order valence-corrected chi connectivity index (χ0v) is 24.9. The van der Waals surface area contributed by atoms with Gasteiger partial charge in [-0.25, -0.2) is 0 Å². The lowest BCUT2D eigenvalue weighted by atomic mass is 9.82. The largest absolute Gasteiger partial charge is 0.394 e. The molecule has 3 atom stereocenters. The number of amides is 3. The Labute approximate surface area is 244 Å². The number of anilines is 2. The van der Waals surface area contributed by atoms with Crippen LogP contribution in [0.3, 0.4) is 0 Å². The van der Waals surface area contributed by atoms with Crippen molar-refractivity contribution in [3.8, 4) is 0 Å². The molecular formula is C33H45N3O5. The van der Waals surface area contributed by atoms with Gasteiger partial charge < -0.3 is 24.9 Å². The lowest BCUT2D eigenvalue weighted by Gasteiger charge is -2.28. The molecule has 8 nitrogen and oxygen atoms in total. The molecule has 2 N–H and O–H groups in total. The highest BCUT2D eigenvalue weighted by atomic mass is 16.3. The highest BCUT2D eigenvalue weighted by Gasteiger charge is 2.52. The number of allylic oxidation sites excluding steroid dienone is 3. The molecule has 2 fully saturated rings. The maximum absolute atomic E-state index is 13.9. The van der Waals surface area contributed by atoms with Crippen LogP contribution in [-0.4, -0.2) is 65.1 Å². The van der Waals surface area contributed by atoms with Crippen LogP contribution in [0.1, 0.15) is 78.2 Å². The van der Waals surface area contributed by atoms with E-state index in [0.717, 1.165) is 32.1 Å². The molecule has 4 rings (SSSR count). The minimum absolute atomic E-state index is 0.0409. The van der Waals surface area contributed by atoms with Crippen LogP contribution in [0.5, 0.6) is 0 Å². The Balaban J connectivity index is 1.59. The van der Waals surface area contributed by atoms with E-state index >= 15 is 0 Å². The first-order valence-electron chi connectivity index (χ1n) is 14.9. The van der Waals surface area contributed by atoms with E-state index in [2.05, 4.69) is 26.8 Å². The van der Waals surface area contributed by atoms with Gasteiger partial charge in [-0.05, 0) is 71.1 Å². The smallest absolute Gasteiger partial charge is 0.264 e. The van der Waals surface area contributed by atoms with Gasteiger partial charge in [0.1, 0.15) is 0 Å². The number of aliphatic hydroxyl groups excluding tert-OH is 1. The minimum Gasteiger partial charge on any atom is -0.394 e. The molecule has 3 heterocycles. The molecule has 1 aromatic carbocycles. The molecule has 222 valence electrons. The van der Waals surface area contributed by atoms with E-state index in [1.165, 1.54) is 11.1 Å². The Kier molecular flexibility index (Phi) is 9.87. The van der Waals surface area contributed by atoms with Gasteiger partial charge in [0.2, 0.25) is 11.8 Å². The van der Waals surface area contributed by atoms with Crippen LogP contribution >= 0.6 is 0 Å². The van der Waals surface area contributed by atoms with Crippen LogP contribution in [0.4, 0.5) is 11.4 Å². The van der Waals surface area contributed by atoms with Crippen molar-refractivity contribution in [2.24, 2.45) is 5.92 Å². The molecular weight excluding hydrogens is 518 g/mol. The van der Waals surface area contributed by atoms with E-state index in [9.17, 15) is 24.6 Å². The van der Waals surface area contributed by atoms with Gasteiger partial charge >= 0.3 is 0 Å². The number of likely N-dealkylation sites (tertiary alicyclic amines) is 1. The van der Waals surface area contributed by atoms with Crippen LogP contribution in [0, 0.1) is 5.92 Å². The standard InChI is InChI=1S/C33H45N3O5/c1-23(2)9-5-10-24(3)17-20-36-29-16-15-26(34-19-8-14-31(34)39)21-28(29)33(41,32(36)40)25(4)11-6-13-30(38)35-18-7-12-27(35)22-37/h6,9,11,15-17,21,25,27,37,41H,5,7-8,10,12-14,18-20,22H2,1-4H3/b11-6+,24-17+/t25-,27-,33+/m0/s1. The molecule has 0 spiro atoms. The molecule has 2 saturated heterocycles. The normalized spacial score (nSPS) is 23.6. The summed E-state index contributed by atoms with van der Waals surface area (Å²) in [6, 6.07) is 5.33. The fourth-order valence-corrected chi connectivity index (χ4v) is 6.13. The van der Waals surface area contributed by atoms with E-state index in [-0.39, 0.29) is 30.9 Å². The van der Waals surface area contributed by atoms with Crippen molar-refractivity contribution in [1.82, 2.24) is 4.90 Å². The zero-order chi connectivity index (χ0) is 29.7. The lowest BCUT2D eigenvalue weighted by molar-refractivity contribution is -0.139. The van der Waals surface area contributed by atoms with Crippen molar-refractivity contribution >= 4 is 29.1 Å². The third-order valence-corrected chi connectivity index (χ3v) is 8.64. The molecule has 8 heteroatoms. The van der Waals surface area contributed by atoms with Gasteiger partial charge in [0.05, 0.1) is 18.3 Å². The number of fused-ring (bicyclic) bond motifs is 1. The predicted molar refractivity (Wildman–Crippen MR) is 161 cm³/mol. The minimum atomic E-state index is -1.83. The number of benzene rings is 1. The van der Waals surface area contributed by atoms with E-state index < -0.39 is 17.4 Å². The molecule has 1 aromatic rings. The van der Waals surface area contributed by atoms with Crippen molar-refractivity contribution in [1.29, 1.82) is 0 Å². The van der Waals surface area contributed by atoms with E-state index in [0.29, 0.717) is 43.0 Å². The van der Waals surface area contributed by atoms with E-state index in [4.69, 9.17) is 0 Å². The topological polar surface area (TPSA) is 101 Å². The SMILES string of the molecule is CC(C)=CCC/C(C)=C/CN1C(=O)[C@@](O)([C@@H](C)/C=C/CC(=O)N2CCC[C@H]2CO)c2cc(N3CCCC3=O)ccc21. The Morgan fingerprint density at radius 1 is 1.15 bits per heavy atom. The molecule has 3 aliphatic rings. The summed E-state index contributed by atoms with van der Waals surface area (Å²) in [6.07, 6.45) is 12.6. The number of carbonyl (C=O) groups is 3. The molecule has 3 amide bonds. The number of aliphatic hydroxyl groups is 2. The fraction of sp³-hybridized carbons (Fsp3) is 0.545. The number of nitrogens with zero attached hydrogens (tertiary/aromatic N) is 3. The highest BCUT2D eigenvalue weighted by molar-refractivity contribution is 6.08. The van der Waals surface area contributed by atoms with Crippen LogP contribution in [0.2, 0.25) is 0 Å². The van der Waals surface area contributed by atoms with Gasteiger partial charge in [-0.15, -0.1) is 0 Å². The fourth-order valence-electron chi connectivity index (χ4n) is 6.13. The first kappa shape index (κ1) is 30.7. The first-order valence-corrected chi connectivity index (χ1v) is 14.9. The van der Waals surface area contributed by atoms with Crippen molar-refractivity contribution < 1.29 is 24.6 Å². The van der Waals surface area contributed by atoms with Crippen LogP contribution < -0.4 is 9.80 Å². The molecule has 0 aliphatic carbocycles. The summed E-state index contributed by atoms with van der Waals surface area (Å²) in [4.78, 5) is 44.3. The zero-order valence-electron chi connectivity index (χ0n) is 24.9. The summed E-state index contributed by atoms with van der Waals surface area (Å²) in [5, 5.41) is 21.7. The summed E-state index contributed by atoms with van der Waals surface area (Å²) in [7, 11) is 0. The van der Waals surface area contributed by atoms with Crippen LogP contribution in [0.25, 0.3) is 0 Å². The predicted octanol–water partition coefficient (Wildman–Crippen LogP) is 4.61. The van der Waals surface area contributed by atoms with E-state index in [1.54, 1.807) is 39.8 Å². The average Bonchev–Trinajstić information content (AvgIpc) is 3.65. The molecule has 3 aliphatic heterocycles. The number of rotatable bonds is 11. The summed E-state index contributed by atoms with van der Waals surface area (Å²) >= 11 is 0. The van der Waals surface area contributed by atoms with Crippen molar-refractivity contribution in [3.05, 3.63) is 59.2 Å².